The second-order valence-electron chi connectivity index (χ2n) is 12.4. The number of fused-ring (bicyclic) bond motifs is 9. The largest absolute Gasteiger partial charge is 0.452 e. The maximum atomic E-state index is 6.73. The van der Waals surface area contributed by atoms with Crippen LogP contribution in [0, 0.1) is 0 Å². The summed E-state index contributed by atoms with van der Waals surface area (Å²) in [5.41, 5.74) is 7.22. The Kier molecular flexibility index (Phi) is 5.66. The van der Waals surface area contributed by atoms with Gasteiger partial charge in [0.15, 0.2) is 11.2 Å². The Balaban J connectivity index is 1.24. The van der Waals surface area contributed by atoms with Gasteiger partial charge in [-0.1, -0.05) is 26.0 Å². The SMILES string of the molecule is CC(C)c1cc2c3cc4ccc(N5CCOCC5)cc4cc3oc2c2oc3cc4cc(N5CCOCC5)ccc4cc3c12. The van der Waals surface area contributed by atoms with Gasteiger partial charge in [0.05, 0.1) is 26.4 Å². The number of morpholine rings is 2. The molecule has 5 aromatic carbocycles. The molecule has 4 heterocycles. The first-order valence-electron chi connectivity index (χ1n) is 15.5. The molecule has 0 aliphatic carbocycles. The van der Waals surface area contributed by atoms with Gasteiger partial charge in [-0.05, 0) is 87.6 Å². The number of rotatable bonds is 3. The summed E-state index contributed by atoms with van der Waals surface area (Å²) in [4.78, 5) is 4.79. The highest BCUT2D eigenvalue weighted by Gasteiger charge is 2.22. The molecule has 0 radical (unpaired) electrons. The van der Waals surface area contributed by atoms with Gasteiger partial charge in [-0.15, -0.1) is 0 Å². The highest BCUT2D eigenvalue weighted by Crippen LogP contribution is 2.44. The summed E-state index contributed by atoms with van der Waals surface area (Å²) in [6, 6.07) is 24.8. The van der Waals surface area contributed by atoms with Gasteiger partial charge in [0.25, 0.3) is 0 Å². The van der Waals surface area contributed by atoms with Gasteiger partial charge in [-0.2, -0.15) is 0 Å². The minimum absolute atomic E-state index is 0.327. The van der Waals surface area contributed by atoms with E-state index in [2.05, 4.69) is 90.4 Å². The van der Waals surface area contributed by atoms with Gasteiger partial charge in [0.2, 0.25) is 0 Å². The highest BCUT2D eigenvalue weighted by molar-refractivity contribution is 6.22. The molecule has 0 N–H and O–H groups in total. The summed E-state index contributed by atoms with van der Waals surface area (Å²) in [5.74, 6) is 0.327. The van der Waals surface area contributed by atoms with E-state index in [4.69, 9.17) is 18.3 Å². The zero-order valence-electron chi connectivity index (χ0n) is 24.6. The number of hydrogen-bond acceptors (Lipinski definition) is 6. The zero-order chi connectivity index (χ0) is 28.7. The lowest BCUT2D eigenvalue weighted by molar-refractivity contribution is 0.122. The summed E-state index contributed by atoms with van der Waals surface area (Å²) in [6.07, 6.45) is 0. The minimum atomic E-state index is 0.327. The Labute approximate surface area is 249 Å². The van der Waals surface area contributed by atoms with E-state index < -0.39 is 0 Å². The van der Waals surface area contributed by atoms with E-state index in [-0.39, 0.29) is 0 Å². The van der Waals surface area contributed by atoms with Crippen molar-refractivity contribution in [3.05, 3.63) is 72.3 Å². The molecule has 0 spiro atoms. The van der Waals surface area contributed by atoms with Gasteiger partial charge in [-0.3, -0.25) is 0 Å². The number of hydrogen-bond donors (Lipinski definition) is 0. The first-order valence-corrected chi connectivity index (χ1v) is 15.5. The lowest BCUT2D eigenvalue weighted by Gasteiger charge is -2.29. The van der Waals surface area contributed by atoms with Gasteiger partial charge < -0.3 is 28.1 Å². The molecule has 43 heavy (non-hydrogen) atoms. The normalized spacial score (nSPS) is 16.7. The Morgan fingerprint density at radius 1 is 0.535 bits per heavy atom. The van der Waals surface area contributed by atoms with Crippen molar-refractivity contribution in [2.24, 2.45) is 0 Å². The third kappa shape index (κ3) is 4.00. The fourth-order valence-corrected chi connectivity index (χ4v) is 7.15. The van der Waals surface area contributed by atoms with Gasteiger partial charge in [0.1, 0.15) is 11.2 Å². The maximum absolute atomic E-state index is 6.73. The minimum Gasteiger partial charge on any atom is -0.452 e. The fourth-order valence-electron chi connectivity index (χ4n) is 7.15. The number of furan rings is 2. The van der Waals surface area contributed by atoms with E-state index in [0.717, 1.165) is 96.5 Å². The molecule has 0 amide bonds. The van der Waals surface area contributed by atoms with Crippen LogP contribution in [-0.4, -0.2) is 52.6 Å². The van der Waals surface area contributed by atoms with E-state index in [1.807, 2.05) is 0 Å². The zero-order valence-corrected chi connectivity index (χ0v) is 24.6. The molecule has 0 unspecified atom stereocenters. The van der Waals surface area contributed by atoms with Gasteiger partial charge in [-0.25, -0.2) is 0 Å². The topological polar surface area (TPSA) is 51.2 Å². The average Bonchev–Trinajstić information content (AvgIpc) is 3.60. The Hall–Kier alpha value is -4.26. The van der Waals surface area contributed by atoms with Crippen LogP contribution in [0.15, 0.2) is 75.6 Å². The molecular formula is C37H34N2O4. The van der Waals surface area contributed by atoms with Crippen LogP contribution in [0.2, 0.25) is 0 Å². The van der Waals surface area contributed by atoms with Crippen molar-refractivity contribution in [1.82, 2.24) is 0 Å². The van der Waals surface area contributed by atoms with Crippen molar-refractivity contribution in [2.75, 3.05) is 62.4 Å². The maximum Gasteiger partial charge on any atom is 0.178 e. The number of benzene rings is 5. The molecular weight excluding hydrogens is 536 g/mol. The number of anilines is 2. The third-order valence-electron chi connectivity index (χ3n) is 9.47. The summed E-state index contributed by atoms with van der Waals surface area (Å²) < 4.78 is 24.5. The van der Waals surface area contributed by atoms with Crippen LogP contribution >= 0.6 is 0 Å². The molecule has 216 valence electrons. The van der Waals surface area contributed by atoms with E-state index in [0.29, 0.717) is 5.92 Å². The predicted molar refractivity (Wildman–Crippen MR) is 176 cm³/mol. The first-order chi connectivity index (χ1) is 21.1. The molecule has 2 aliphatic rings. The summed E-state index contributed by atoms with van der Waals surface area (Å²) >= 11 is 0. The van der Waals surface area contributed by atoms with Crippen molar-refractivity contribution in [3.63, 3.8) is 0 Å². The molecule has 7 aromatic rings. The highest BCUT2D eigenvalue weighted by atomic mass is 16.5. The van der Waals surface area contributed by atoms with E-state index in [1.54, 1.807) is 0 Å². The van der Waals surface area contributed by atoms with E-state index >= 15 is 0 Å². The molecule has 6 nitrogen and oxygen atoms in total. The summed E-state index contributed by atoms with van der Waals surface area (Å²) in [5, 5.41) is 9.35. The summed E-state index contributed by atoms with van der Waals surface area (Å²) in [6.45, 7) is 11.3. The monoisotopic (exact) mass is 570 g/mol. The lowest BCUT2D eigenvalue weighted by atomic mass is 9.94. The Morgan fingerprint density at radius 3 is 1.65 bits per heavy atom. The number of nitrogens with zero attached hydrogens (tertiary/aromatic N) is 2. The van der Waals surface area contributed by atoms with Crippen LogP contribution in [0.3, 0.4) is 0 Å². The Morgan fingerprint density at radius 2 is 1.07 bits per heavy atom. The van der Waals surface area contributed by atoms with Crippen LogP contribution in [0.5, 0.6) is 0 Å². The molecule has 0 saturated carbocycles. The molecule has 9 rings (SSSR count). The Bertz CT molecular complexity index is 2200. The van der Waals surface area contributed by atoms with E-state index in [1.165, 1.54) is 38.5 Å². The van der Waals surface area contributed by atoms with Crippen molar-refractivity contribution in [1.29, 1.82) is 0 Å². The van der Waals surface area contributed by atoms with Crippen molar-refractivity contribution in [3.8, 4) is 0 Å². The van der Waals surface area contributed by atoms with Gasteiger partial charge in [0, 0.05) is 59.1 Å². The standard InChI is InChI=1S/C37H34N2O4/c1-22(2)29-21-31-30-17-23-3-5-27(38-7-11-40-12-8-38)15-25(23)19-33(30)42-36(31)37-35(29)32-18-24-4-6-28(39-9-13-41-14-10-39)16-26(24)20-34(32)43-37/h3-6,15-22H,7-14H2,1-2H3. The van der Waals surface area contributed by atoms with E-state index in [9.17, 15) is 0 Å². The second-order valence-corrected chi connectivity index (χ2v) is 12.4. The average molecular weight is 571 g/mol. The summed E-state index contributed by atoms with van der Waals surface area (Å²) in [7, 11) is 0. The van der Waals surface area contributed by atoms with Crippen LogP contribution < -0.4 is 9.80 Å². The molecule has 2 fully saturated rings. The van der Waals surface area contributed by atoms with Crippen LogP contribution in [-0.2, 0) is 9.47 Å². The molecule has 0 bridgehead atoms. The fraction of sp³-hybridized carbons (Fsp3) is 0.297. The lowest BCUT2D eigenvalue weighted by Crippen LogP contribution is -2.36. The molecule has 6 heteroatoms. The molecule has 2 aliphatic heterocycles. The predicted octanol–water partition coefficient (Wildman–Crippen LogP) is 8.59. The van der Waals surface area contributed by atoms with Crippen molar-refractivity contribution < 1.29 is 18.3 Å². The first kappa shape index (κ1) is 25.3. The van der Waals surface area contributed by atoms with Crippen molar-refractivity contribution >= 4 is 76.8 Å². The smallest absolute Gasteiger partial charge is 0.178 e. The number of ether oxygens (including phenoxy) is 2. The van der Waals surface area contributed by atoms with Crippen LogP contribution in [0.25, 0.3) is 65.4 Å². The van der Waals surface area contributed by atoms with Crippen LogP contribution in [0.1, 0.15) is 25.3 Å². The molecule has 0 atom stereocenters. The van der Waals surface area contributed by atoms with Crippen molar-refractivity contribution in [2.45, 2.75) is 19.8 Å². The van der Waals surface area contributed by atoms with Gasteiger partial charge >= 0.3 is 0 Å². The quantitative estimate of drug-likeness (QED) is 0.212. The molecule has 2 saturated heterocycles. The second kappa shape index (κ2) is 9.63. The van der Waals surface area contributed by atoms with Crippen LogP contribution in [0.4, 0.5) is 11.4 Å². The molecule has 2 aromatic heterocycles. The third-order valence-corrected chi connectivity index (χ3v) is 9.47.